The lowest BCUT2D eigenvalue weighted by atomic mass is 10.0. The minimum absolute atomic E-state index is 0.0565. The number of ketones is 1. The lowest BCUT2D eigenvalue weighted by Gasteiger charge is -2.07. The molecule has 1 aromatic heterocycles. The summed E-state index contributed by atoms with van der Waals surface area (Å²) in [6.07, 6.45) is 5.71. The van der Waals surface area contributed by atoms with Crippen LogP contribution in [0.4, 0.5) is 0 Å². The summed E-state index contributed by atoms with van der Waals surface area (Å²) in [6, 6.07) is 10.7. The zero-order chi connectivity index (χ0) is 20.5. The second kappa shape index (κ2) is 7.36. The highest BCUT2D eigenvalue weighted by atomic mass is 16.5. The van der Waals surface area contributed by atoms with Gasteiger partial charge in [0.05, 0.1) is 11.6 Å². The molecule has 4 rings (SSSR count). The first-order chi connectivity index (χ1) is 14.0. The molecule has 2 heterocycles. The van der Waals surface area contributed by atoms with Crippen LogP contribution in [0.25, 0.3) is 17.0 Å². The van der Waals surface area contributed by atoms with Crippen molar-refractivity contribution in [2.45, 2.75) is 32.7 Å². The lowest BCUT2D eigenvalue weighted by Crippen LogP contribution is -1.98. The minimum atomic E-state index is -0.422. The van der Waals surface area contributed by atoms with Crippen LogP contribution in [-0.2, 0) is 13.0 Å². The van der Waals surface area contributed by atoms with Gasteiger partial charge < -0.3 is 19.5 Å². The van der Waals surface area contributed by atoms with Gasteiger partial charge in [-0.3, -0.25) is 4.79 Å². The maximum Gasteiger partial charge on any atom is 0.235 e. The first-order valence-electron chi connectivity index (χ1n) is 9.51. The number of hydrogen-bond donors (Lipinski definition) is 2. The van der Waals surface area contributed by atoms with Crippen LogP contribution in [0.3, 0.4) is 0 Å². The Morgan fingerprint density at radius 1 is 1.28 bits per heavy atom. The highest BCUT2D eigenvalue weighted by Crippen LogP contribution is 2.41. The molecule has 6 nitrogen and oxygen atoms in total. The Morgan fingerprint density at radius 2 is 2.10 bits per heavy atom. The van der Waals surface area contributed by atoms with Gasteiger partial charge in [-0.05, 0) is 24.5 Å². The number of carbonyl (C=O) groups is 1. The maximum atomic E-state index is 12.7. The number of nitriles is 1. The molecule has 1 aliphatic rings. The summed E-state index contributed by atoms with van der Waals surface area (Å²) in [6.45, 7) is 2.79. The van der Waals surface area contributed by atoms with E-state index in [1.54, 1.807) is 6.08 Å². The van der Waals surface area contributed by atoms with Gasteiger partial charge in [0.25, 0.3) is 0 Å². The van der Waals surface area contributed by atoms with E-state index in [-0.39, 0.29) is 28.6 Å². The zero-order valence-electron chi connectivity index (χ0n) is 16.0. The van der Waals surface area contributed by atoms with Crippen molar-refractivity contribution in [2.24, 2.45) is 0 Å². The van der Waals surface area contributed by atoms with Gasteiger partial charge >= 0.3 is 0 Å². The lowest BCUT2D eigenvalue weighted by molar-refractivity contribution is 0.101. The number of benzene rings is 2. The quantitative estimate of drug-likeness (QED) is 0.494. The number of ether oxygens (including phenoxy) is 1. The van der Waals surface area contributed by atoms with Gasteiger partial charge in [-0.2, -0.15) is 5.26 Å². The Balaban J connectivity index is 1.80. The molecule has 0 amide bonds. The highest BCUT2D eigenvalue weighted by Gasteiger charge is 2.31. The van der Waals surface area contributed by atoms with Crippen LogP contribution < -0.4 is 4.74 Å². The predicted octanol–water partition coefficient (Wildman–Crippen LogP) is 4.53. The second-order valence-corrected chi connectivity index (χ2v) is 6.98. The van der Waals surface area contributed by atoms with Crippen LogP contribution in [0.15, 0.2) is 42.3 Å². The van der Waals surface area contributed by atoms with Crippen molar-refractivity contribution in [3.05, 3.63) is 59.0 Å². The third-order valence-electron chi connectivity index (χ3n) is 5.10. The molecule has 0 saturated carbocycles. The van der Waals surface area contributed by atoms with Gasteiger partial charge in [-0.1, -0.05) is 25.1 Å². The average molecular weight is 388 g/mol. The molecule has 0 atom stereocenters. The summed E-state index contributed by atoms with van der Waals surface area (Å²) in [5.41, 5.74) is 3.16. The summed E-state index contributed by atoms with van der Waals surface area (Å²) in [4.78, 5) is 12.7. The largest absolute Gasteiger partial charge is 0.508 e. The zero-order valence-corrected chi connectivity index (χ0v) is 16.0. The number of allylic oxidation sites excluding steroid dienone is 1. The van der Waals surface area contributed by atoms with Crippen molar-refractivity contribution in [3.63, 3.8) is 0 Å². The fourth-order valence-corrected chi connectivity index (χ4v) is 3.79. The van der Waals surface area contributed by atoms with E-state index in [0.29, 0.717) is 13.0 Å². The van der Waals surface area contributed by atoms with Gasteiger partial charge in [0, 0.05) is 42.2 Å². The molecule has 0 radical (unpaired) electrons. The average Bonchev–Trinajstić information content (AvgIpc) is 3.20. The molecule has 2 N–H and O–H groups in total. The number of aromatic hydroxyl groups is 2. The number of aromatic nitrogens is 1. The Morgan fingerprint density at radius 3 is 2.86 bits per heavy atom. The molecule has 3 aromatic rings. The second-order valence-electron chi connectivity index (χ2n) is 6.98. The number of phenolic OH excluding ortho intramolecular Hbond substituents is 2. The van der Waals surface area contributed by atoms with Gasteiger partial charge in [0.1, 0.15) is 22.8 Å². The molecule has 29 heavy (non-hydrogen) atoms. The Bertz CT molecular complexity index is 1200. The van der Waals surface area contributed by atoms with Crippen molar-refractivity contribution in [2.75, 3.05) is 0 Å². The van der Waals surface area contributed by atoms with Crippen LogP contribution >= 0.6 is 0 Å². The molecule has 0 bridgehead atoms. The normalized spacial score (nSPS) is 14.2. The summed E-state index contributed by atoms with van der Waals surface area (Å²) >= 11 is 0. The van der Waals surface area contributed by atoms with Crippen LogP contribution in [0.1, 0.15) is 41.3 Å². The summed E-state index contributed by atoms with van der Waals surface area (Å²) in [5, 5.41) is 29.5. The van der Waals surface area contributed by atoms with E-state index in [1.165, 1.54) is 11.6 Å². The molecule has 1 aliphatic heterocycles. The van der Waals surface area contributed by atoms with E-state index in [4.69, 9.17) is 10.00 Å². The Kier molecular flexibility index (Phi) is 4.73. The van der Waals surface area contributed by atoms with Gasteiger partial charge in [0.2, 0.25) is 5.78 Å². The molecule has 0 saturated heterocycles. The number of carbonyl (C=O) groups excluding carboxylic acids is 1. The number of nitrogens with zero attached hydrogens (tertiary/aromatic N) is 2. The first kappa shape index (κ1) is 18.6. The molecule has 2 aromatic carbocycles. The smallest absolute Gasteiger partial charge is 0.235 e. The monoisotopic (exact) mass is 388 g/mol. The third kappa shape index (κ3) is 3.21. The van der Waals surface area contributed by atoms with Crippen LogP contribution in [0.5, 0.6) is 17.2 Å². The molecular formula is C23H20N2O4. The number of hydrogen-bond acceptors (Lipinski definition) is 5. The topological polar surface area (TPSA) is 95.5 Å². The minimum Gasteiger partial charge on any atom is -0.508 e. The fourth-order valence-electron chi connectivity index (χ4n) is 3.79. The van der Waals surface area contributed by atoms with E-state index >= 15 is 0 Å². The summed E-state index contributed by atoms with van der Waals surface area (Å²) < 4.78 is 7.76. The van der Waals surface area contributed by atoms with Crippen molar-refractivity contribution in [1.29, 1.82) is 5.26 Å². The summed E-state index contributed by atoms with van der Waals surface area (Å²) in [5.74, 6) is -0.656. The van der Waals surface area contributed by atoms with Gasteiger partial charge in [-0.25, -0.2) is 0 Å². The van der Waals surface area contributed by atoms with E-state index < -0.39 is 5.78 Å². The molecule has 146 valence electrons. The Labute approximate surface area is 167 Å². The number of fused-ring (bicyclic) bond motifs is 2. The van der Waals surface area contributed by atoms with Gasteiger partial charge in [0.15, 0.2) is 5.76 Å². The highest BCUT2D eigenvalue weighted by molar-refractivity contribution is 6.16. The third-order valence-corrected chi connectivity index (χ3v) is 5.10. The predicted molar refractivity (Wildman–Crippen MR) is 109 cm³/mol. The number of unbranched alkanes of at least 4 members (excludes halogenated alkanes) is 1. The maximum absolute atomic E-state index is 12.7. The number of para-hydroxylation sites is 1. The SMILES string of the molecule is CCc1cccc2c(/C=C3/Oc4cc(O)cc(O)c4C3=O)cn(CCCC#N)c12. The van der Waals surface area contributed by atoms with Crippen LogP contribution in [0, 0.1) is 11.3 Å². The molecule has 0 aliphatic carbocycles. The fraction of sp³-hybridized carbons (Fsp3) is 0.217. The summed E-state index contributed by atoms with van der Waals surface area (Å²) in [7, 11) is 0. The number of phenols is 2. The number of rotatable bonds is 5. The van der Waals surface area contributed by atoms with Crippen molar-refractivity contribution in [1.82, 2.24) is 4.57 Å². The number of aryl methyl sites for hydroxylation is 2. The first-order valence-corrected chi connectivity index (χ1v) is 9.51. The molecule has 0 fully saturated rings. The Hall–Kier alpha value is -3.72. The van der Waals surface area contributed by atoms with E-state index in [2.05, 4.69) is 23.6 Å². The molecule has 0 unspecified atom stereocenters. The molecule has 0 spiro atoms. The standard InChI is InChI=1S/C23H20N2O4/c1-2-14-6-5-7-17-15(13-25(22(14)17)9-4-3-8-24)10-20-23(28)21-18(27)11-16(26)12-19(21)29-20/h5-7,10-13,26-27H,2-4,9H2,1H3/b20-10+. The van der Waals surface area contributed by atoms with E-state index in [0.717, 1.165) is 35.4 Å². The number of Topliss-reactive ketones (excluding diaryl/α,β-unsaturated/α-hetero) is 1. The molecular weight excluding hydrogens is 368 g/mol. The van der Waals surface area contributed by atoms with Gasteiger partial charge in [-0.15, -0.1) is 0 Å². The van der Waals surface area contributed by atoms with Crippen molar-refractivity contribution >= 4 is 22.8 Å². The molecule has 6 heteroatoms. The van der Waals surface area contributed by atoms with E-state index in [1.807, 2.05) is 18.3 Å². The van der Waals surface area contributed by atoms with Crippen molar-refractivity contribution < 1.29 is 19.7 Å². The van der Waals surface area contributed by atoms with Crippen LogP contribution in [-0.4, -0.2) is 20.6 Å². The van der Waals surface area contributed by atoms with Crippen molar-refractivity contribution in [3.8, 4) is 23.3 Å². The van der Waals surface area contributed by atoms with Crippen LogP contribution in [0.2, 0.25) is 0 Å². The van der Waals surface area contributed by atoms with E-state index in [9.17, 15) is 15.0 Å².